The molecule has 0 unspecified atom stereocenters. The van der Waals surface area contributed by atoms with E-state index in [-0.39, 0.29) is 12.1 Å². The summed E-state index contributed by atoms with van der Waals surface area (Å²) in [5.41, 5.74) is 6.40. The molecular formula is C13H19ClN4O2. The fourth-order valence-corrected chi connectivity index (χ4v) is 1.46. The van der Waals surface area contributed by atoms with Crippen LogP contribution in [0, 0.1) is 0 Å². The molecule has 0 fully saturated rings. The van der Waals surface area contributed by atoms with Crippen molar-refractivity contribution in [3.8, 4) is 0 Å². The fourth-order valence-electron chi connectivity index (χ4n) is 1.33. The zero-order valence-electron chi connectivity index (χ0n) is 11.8. The fraction of sp³-hybridized carbons (Fsp3) is 0.385. The highest BCUT2D eigenvalue weighted by molar-refractivity contribution is 6.30. The van der Waals surface area contributed by atoms with E-state index in [0.717, 1.165) is 5.06 Å². The number of hydrogen-bond acceptors (Lipinski definition) is 3. The molecule has 0 aliphatic rings. The van der Waals surface area contributed by atoms with Gasteiger partial charge in [-0.05, 0) is 45.0 Å². The maximum atomic E-state index is 11.9. The molecule has 2 amide bonds. The topological polar surface area (TPSA) is 80.0 Å². The van der Waals surface area contributed by atoms with Crippen LogP contribution in [-0.4, -0.2) is 29.7 Å². The van der Waals surface area contributed by atoms with Gasteiger partial charge in [-0.1, -0.05) is 11.6 Å². The van der Waals surface area contributed by atoms with Crippen molar-refractivity contribution in [2.24, 2.45) is 10.7 Å². The van der Waals surface area contributed by atoms with Gasteiger partial charge in [0.15, 0.2) is 0 Å². The summed E-state index contributed by atoms with van der Waals surface area (Å²) in [4.78, 5) is 21.4. The van der Waals surface area contributed by atoms with Crippen molar-refractivity contribution >= 4 is 29.3 Å². The summed E-state index contributed by atoms with van der Waals surface area (Å²) in [6.45, 7) is 5.85. The number of benzene rings is 1. The van der Waals surface area contributed by atoms with E-state index in [1.165, 1.54) is 0 Å². The van der Waals surface area contributed by atoms with E-state index in [1.807, 2.05) is 0 Å². The molecule has 1 aromatic carbocycles. The lowest BCUT2D eigenvalue weighted by atomic mass is 10.3. The van der Waals surface area contributed by atoms with Crippen LogP contribution in [0.15, 0.2) is 29.3 Å². The molecule has 0 bridgehead atoms. The number of nitrogens with zero attached hydrogens (tertiary/aromatic N) is 2. The molecule has 0 saturated heterocycles. The lowest BCUT2D eigenvalue weighted by Crippen LogP contribution is -2.48. The van der Waals surface area contributed by atoms with Crippen LogP contribution in [0.5, 0.6) is 0 Å². The summed E-state index contributed by atoms with van der Waals surface area (Å²) in [5.74, 6) is -0.0491. The molecule has 20 heavy (non-hydrogen) atoms. The summed E-state index contributed by atoms with van der Waals surface area (Å²) in [7, 11) is 0. The Hall–Kier alpha value is -1.79. The molecule has 3 N–H and O–H groups in total. The van der Waals surface area contributed by atoms with Crippen LogP contribution < -0.4 is 11.1 Å². The normalized spacial score (nSPS) is 11.6. The number of carbonyl (C=O) groups is 1. The van der Waals surface area contributed by atoms with Gasteiger partial charge in [-0.2, -0.15) is 0 Å². The number of aliphatic imine (C=N–C) groups is 1. The molecule has 7 heteroatoms. The highest BCUT2D eigenvalue weighted by atomic mass is 35.5. The van der Waals surface area contributed by atoms with Gasteiger partial charge in [0.2, 0.25) is 5.96 Å². The van der Waals surface area contributed by atoms with Crippen LogP contribution in [-0.2, 0) is 4.84 Å². The van der Waals surface area contributed by atoms with Gasteiger partial charge in [0.1, 0.15) is 0 Å². The van der Waals surface area contributed by atoms with Gasteiger partial charge in [0.05, 0.1) is 11.8 Å². The third kappa shape index (κ3) is 5.07. The van der Waals surface area contributed by atoms with E-state index < -0.39 is 6.03 Å². The Morgan fingerprint density at radius 2 is 2.05 bits per heavy atom. The largest absolute Gasteiger partial charge is 0.367 e. The van der Waals surface area contributed by atoms with Gasteiger partial charge in [-0.15, -0.1) is 5.06 Å². The Labute approximate surface area is 123 Å². The highest BCUT2D eigenvalue weighted by Crippen LogP contribution is 2.16. The van der Waals surface area contributed by atoms with Crippen LogP contribution in [0.25, 0.3) is 0 Å². The summed E-state index contributed by atoms with van der Waals surface area (Å²) in [6.07, 6.45) is -0.212. The monoisotopic (exact) mass is 298 g/mol. The number of urea groups is 1. The maximum absolute atomic E-state index is 11.9. The van der Waals surface area contributed by atoms with E-state index in [0.29, 0.717) is 17.3 Å². The summed E-state index contributed by atoms with van der Waals surface area (Å²) < 4.78 is 0. The number of guanidine groups is 1. The number of nitrogens with one attached hydrogen (secondary N) is 1. The minimum atomic E-state index is -0.462. The molecular weight excluding hydrogens is 280 g/mol. The Bertz CT molecular complexity index is 474. The number of amides is 2. The molecule has 1 aromatic rings. The third-order valence-corrected chi connectivity index (χ3v) is 2.36. The summed E-state index contributed by atoms with van der Waals surface area (Å²) in [5, 5.41) is 4.15. The molecule has 0 radical (unpaired) electrons. The van der Waals surface area contributed by atoms with Crippen molar-refractivity contribution in [3.63, 3.8) is 0 Å². The quantitative estimate of drug-likeness (QED) is 0.509. The van der Waals surface area contributed by atoms with E-state index in [1.54, 1.807) is 45.0 Å². The van der Waals surface area contributed by atoms with Crippen molar-refractivity contribution in [3.05, 3.63) is 29.3 Å². The van der Waals surface area contributed by atoms with Gasteiger partial charge in [-0.25, -0.2) is 9.79 Å². The number of nitrogens with two attached hydrogens (primary N) is 1. The number of hydrogen-bond donors (Lipinski definition) is 2. The van der Waals surface area contributed by atoms with Gasteiger partial charge >= 0.3 is 6.03 Å². The molecule has 0 heterocycles. The first-order valence-electron chi connectivity index (χ1n) is 6.28. The third-order valence-electron chi connectivity index (χ3n) is 2.11. The van der Waals surface area contributed by atoms with Gasteiger partial charge in [0.25, 0.3) is 0 Å². The van der Waals surface area contributed by atoms with E-state index in [2.05, 4.69) is 10.3 Å². The first-order chi connectivity index (χ1) is 9.43. The van der Waals surface area contributed by atoms with E-state index >= 15 is 0 Å². The van der Waals surface area contributed by atoms with Crippen molar-refractivity contribution in [2.75, 3.05) is 6.54 Å². The molecule has 0 atom stereocenters. The second kappa shape index (κ2) is 7.72. The number of halogens is 1. The van der Waals surface area contributed by atoms with Crippen LogP contribution in [0.1, 0.15) is 20.8 Å². The molecule has 0 aliphatic carbocycles. The molecule has 0 aromatic heterocycles. The second-order valence-electron chi connectivity index (χ2n) is 4.23. The lowest BCUT2D eigenvalue weighted by molar-refractivity contribution is -0.0980. The van der Waals surface area contributed by atoms with Crippen molar-refractivity contribution in [2.45, 2.75) is 26.9 Å². The highest BCUT2D eigenvalue weighted by Gasteiger charge is 2.19. The molecule has 110 valence electrons. The van der Waals surface area contributed by atoms with E-state index in [4.69, 9.17) is 22.2 Å². The lowest BCUT2D eigenvalue weighted by Gasteiger charge is -2.22. The molecule has 0 spiro atoms. The Morgan fingerprint density at radius 1 is 1.45 bits per heavy atom. The molecule has 0 aliphatic heterocycles. The van der Waals surface area contributed by atoms with Crippen molar-refractivity contribution in [1.82, 2.24) is 10.4 Å². The predicted octanol–water partition coefficient (Wildman–Crippen LogP) is 2.66. The second-order valence-corrected chi connectivity index (χ2v) is 4.67. The predicted molar refractivity (Wildman–Crippen MR) is 79.9 cm³/mol. The van der Waals surface area contributed by atoms with Crippen LogP contribution in [0.3, 0.4) is 0 Å². The van der Waals surface area contributed by atoms with Crippen LogP contribution >= 0.6 is 11.6 Å². The SMILES string of the molecule is CCNC(=O)N(OC(C)C)C(N)=Nc1ccc(Cl)cc1. The number of rotatable bonds is 4. The first kappa shape index (κ1) is 16.3. The maximum Gasteiger partial charge on any atom is 0.348 e. The van der Waals surface area contributed by atoms with Crippen LogP contribution in [0.4, 0.5) is 10.5 Å². The van der Waals surface area contributed by atoms with Crippen molar-refractivity contribution < 1.29 is 9.63 Å². The minimum Gasteiger partial charge on any atom is -0.367 e. The smallest absolute Gasteiger partial charge is 0.348 e. The number of hydroxylamine groups is 2. The Kier molecular flexibility index (Phi) is 6.27. The molecule has 6 nitrogen and oxygen atoms in total. The molecule has 1 rings (SSSR count). The molecule has 0 saturated carbocycles. The average Bonchev–Trinajstić information content (AvgIpc) is 2.38. The zero-order valence-corrected chi connectivity index (χ0v) is 12.5. The minimum absolute atomic E-state index is 0.0491. The van der Waals surface area contributed by atoms with Crippen molar-refractivity contribution in [1.29, 1.82) is 0 Å². The Morgan fingerprint density at radius 3 is 2.55 bits per heavy atom. The first-order valence-corrected chi connectivity index (χ1v) is 6.66. The van der Waals surface area contributed by atoms with Gasteiger partial charge in [-0.3, -0.25) is 4.84 Å². The average molecular weight is 299 g/mol. The standard InChI is InChI=1S/C13H19ClN4O2/c1-4-16-13(19)18(20-9(2)3)12(15)17-11-7-5-10(14)6-8-11/h5-9H,4H2,1-3H3,(H2,15,17)(H,16,19). The summed E-state index contributed by atoms with van der Waals surface area (Å²) >= 11 is 5.79. The van der Waals surface area contributed by atoms with Gasteiger partial charge in [0, 0.05) is 11.6 Å². The summed E-state index contributed by atoms with van der Waals surface area (Å²) in [6, 6.07) is 6.30. The number of carbonyl (C=O) groups excluding carboxylic acids is 1. The zero-order chi connectivity index (χ0) is 15.1. The van der Waals surface area contributed by atoms with Gasteiger partial charge < -0.3 is 11.1 Å². The van der Waals surface area contributed by atoms with Crippen LogP contribution in [0.2, 0.25) is 5.02 Å². The van der Waals surface area contributed by atoms with E-state index in [9.17, 15) is 4.79 Å². The Balaban J connectivity index is 2.93.